The lowest BCUT2D eigenvalue weighted by molar-refractivity contribution is -0.114. The van der Waals surface area contributed by atoms with Gasteiger partial charge in [0.25, 0.3) is 11.7 Å². The highest BCUT2D eigenvalue weighted by Gasteiger charge is 2.16. The molecule has 0 bridgehead atoms. The Labute approximate surface area is 84.5 Å². The maximum absolute atomic E-state index is 11.3. The maximum Gasteiger partial charge on any atom is 0.289 e. The first-order valence-electron chi connectivity index (χ1n) is 4.24. The molecule has 0 atom stereocenters. The highest BCUT2D eigenvalue weighted by molar-refractivity contribution is 6.44. The van der Waals surface area contributed by atoms with Gasteiger partial charge < -0.3 is 15.8 Å². The van der Waals surface area contributed by atoms with Crippen LogP contribution in [-0.4, -0.2) is 21.8 Å². The van der Waals surface area contributed by atoms with E-state index in [0.717, 1.165) is 0 Å². The molecule has 2 aromatic rings. The number of benzene rings is 1. The Morgan fingerprint density at radius 2 is 2.07 bits per heavy atom. The number of phenolic OH excluding ortho intramolecular Hbond substituents is 1. The number of aromatic amines is 1. The number of carbonyl (C=O) groups excluding carboxylic acids is 2. The van der Waals surface area contributed by atoms with Gasteiger partial charge in [0.1, 0.15) is 5.75 Å². The van der Waals surface area contributed by atoms with E-state index in [1.165, 1.54) is 18.3 Å². The van der Waals surface area contributed by atoms with Gasteiger partial charge in [0.05, 0.1) is 5.56 Å². The number of Topliss-reactive ketones (excluding diaryl/α,β-unsaturated/α-hetero) is 1. The number of rotatable bonds is 2. The molecule has 0 spiro atoms. The van der Waals surface area contributed by atoms with Crippen LogP contribution in [-0.2, 0) is 4.79 Å². The van der Waals surface area contributed by atoms with Crippen molar-refractivity contribution in [3.63, 3.8) is 0 Å². The predicted molar refractivity (Wildman–Crippen MR) is 53.5 cm³/mol. The van der Waals surface area contributed by atoms with Crippen molar-refractivity contribution in [3.05, 3.63) is 30.0 Å². The van der Waals surface area contributed by atoms with Crippen molar-refractivity contribution < 1.29 is 14.7 Å². The van der Waals surface area contributed by atoms with E-state index < -0.39 is 11.7 Å². The molecule has 15 heavy (non-hydrogen) atoms. The Kier molecular flexibility index (Phi) is 1.93. The van der Waals surface area contributed by atoms with E-state index in [-0.39, 0.29) is 11.3 Å². The molecular formula is C10H8N2O3. The Morgan fingerprint density at radius 1 is 1.33 bits per heavy atom. The maximum atomic E-state index is 11.3. The van der Waals surface area contributed by atoms with Crippen molar-refractivity contribution in [2.45, 2.75) is 0 Å². The summed E-state index contributed by atoms with van der Waals surface area (Å²) in [5.74, 6) is -1.65. The fraction of sp³-hybridized carbons (Fsp3) is 0. The first kappa shape index (κ1) is 9.26. The number of amides is 1. The summed E-state index contributed by atoms with van der Waals surface area (Å²) in [5.41, 5.74) is 5.70. The summed E-state index contributed by atoms with van der Waals surface area (Å²) in [7, 11) is 0. The first-order valence-corrected chi connectivity index (χ1v) is 4.24. The molecule has 0 aliphatic carbocycles. The number of hydrogen-bond donors (Lipinski definition) is 3. The largest absolute Gasteiger partial charge is 0.508 e. The molecule has 2 rings (SSSR count). The van der Waals surface area contributed by atoms with E-state index in [1.807, 2.05) is 0 Å². The number of carbonyl (C=O) groups is 2. The third-order valence-corrected chi connectivity index (χ3v) is 2.13. The Bertz CT molecular complexity index is 557. The second-order valence-electron chi connectivity index (χ2n) is 3.13. The summed E-state index contributed by atoms with van der Waals surface area (Å²) in [6.45, 7) is 0. The van der Waals surface area contributed by atoms with Gasteiger partial charge >= 0.3 is 0 Å². The lowest BCUT2D eigenvalue weighted by Gasteiger charge is -1.95. The molecule has 0 aliphatic rings. The van der Waals surface area contributed by atoms with Gasteiger partial charge in [-0.05, 0) is 12.1 Å². The molecule has 1 amide bonds. The number of primary amides is 1. The van der Waals surface area contributed by atoms with Crippen LogP contribution < -0.4 is 5.73 Å². The van der Waals surface area contributed by atoms with Crippen LogP contribution in [0.15, 0.2) is 24.4 Å². The summed E-state index contributed by atoms with van der Waals surface area (Å²) in [5, 5.41) is 9.76. The second kappa shape index (κ2) is 3.13. The number of aromatic nitrogens is 1. The summed E-state index contributed by atoms with van der Waals surface area (Å²) >= 11 is 0. The molecule has 0 radical (unpaired) electrons. The minimum Gasteiger partial charge on any atom is -0.508 e. The molecule has 5 heteroatoms. The molecule has 76 valence electrons. The van der Waals surface area contributed by atoms with Crippen molar-refractivity contribution in [2.75, 3.05) is 0 Å². The average molecular weight is 204 g/mol. The number of nitrogens with two attached hydrogens (primary N) is 1. The quantitative estimate of drug-likeness (QED) is 0.492. The topological polar surface area (TPSA) is 96.2 Å². The van der Waals surface area contributed by atoms with Gasteiger partial charge in [-0.25, -0.2) is 0 Å². The van der Waals surface area contributed by atoms with Crippen molar-refractivity contribution in [1.29, 1.82) is 0 Å². The fourth-order valence-electron chi connectivity index (χ4n) is 1.43. The molecule has 0 saturated carbocycles. The molecule has 0 aliphatic heterocycles. The van der Waals surface area contributed by atoms with E-state index in [2.05, 4.69) is 4.98 Å². The Morgan fingerprint density at radius 3 is 2.73 bits per heavy atom. The van der Waals surface area contributed by atoms with Crippen molar-refractivity contribution in [3.8, 4) is 5.75 Å². The van der Waals surface area contributed by atoms with Crippen molar-refractivity contribution in [2.24, 2.45) is 5.73 Å². The van der Waals surface area contributed by atoms with Gasteiger partial charge in [0, 0.05) is 23.2 Å². The van der Waals surface area contributed by atoms with Crippen LogP contribution >= 0.6 is 0 Å². The van der Waals surface area contributed by atoms with Crippen LogP contribution in [0.25, 0.3) is 10.9 Å². The van der Waals surface area contributed by atoms with Crippen LogP contribution in [0, 0.1) is 0 Å². The van der Waals surface area contributed by atoms with Gasteiger partial charge in [0.15, 0.2) is 0 Å². The van der Waals surface area contributed by atoms with E-state index in [4.69, 9.17) is 5.73 Å². The lowest BCUT2D eigenvalue weighted by atomic mass is 10.1. The molecule has 0 saturated heterocycles. The van der Waals surface area contributed by atoms with Crippen molar-refractivity contribution in [1.82, 2.24) is 4.98 Å². The van der Waals surface area contributed by atoms with Gasteiger partial charge in [-0.1, -0.05) is 0 Å². The predicted octanol–water partition coefficient (Wildman–Crippen LogP) is 0.541. The van der Waals surface area contributed by atoms with E-state index in [9.17, 15) is 14.7 Å². The average Bonchev–Trinajstić information content (AvgIpc) is 2.59. The summed E-state index contributed by atoms with van der Waals surface area (Å²) in [6.07, 6.45) is 1.40. The highest BCUT2D eigenvalue weighted by atomic mass is 16.3. The fourth-order valence-corrected chi connectivity index (χ4v) is 1.43. The summed E-state index contributed by atoms with van der Waals surface area (Å²) in [4.78, 5) is 24.8. The molecule has 0 fully saturated rings. The van der Waals surface area contributed by atoms with Gasteiger partial charge in [-0.3, -0.25) is 9.59 Å². The minimum atomic E-state index is -0.996. The number of nitrogens with one attached hydrogen (secondary N) is 1. The molecule has 1 heterocycles. The molecule has 5 nitrogen and oxygen atoms in total. The van der Waals surface area contributed by atoms with Gasteiger partial charge in [-0.15, -0.1) is 0 Å². The van der Waals surface area contributed by atoms with Gasteiger partial charge in [-0.2, -0.15) is 0 Å². The Balaban J connectivity index is 2.64. The SMILES string of the molecule is NC(=O)C(=O)c1c[nH]c2cc(O)ccc12. The molecule has 4 N–H and O–H groups in total. The van der Waals surface area contributed by atoms with Crippen LogP contribution in [0.1, 0.15) is 10.4 Å². The van der Waals surface area contributed by atoms with E-state index in [0.29, 0.717) is 10.9 Å². The number of fused-ring (bicyclic) bond motifs is 1. The number of ketones is 1. The Hall–Kier alpha value is -2.30. The summed E-state index contributed by atoms with van der Waals surface area (Å²) < 4.78 is 0. The third kappa shape index (κ3) is 1.43. The molecule has 1 aromatic carbocycles. The second-order valence-corrected chi connectivity index (χ2v) is 3.13. The van der Waals surface area contributed by atoms with Crippen LogP contribution in [0.4, 0.5) is 0 Å². The molecule has 0 unspecified atom stereocenters. The molecule has 1 aromatic heterocycles. The van der Waals surface area contributed by atoms with Crippen molar-refractivity contribution >= 4 is 22.6 Å². The van der Waals surface area contributed by atoms with Crippen LogP contribution in [0.2, 0.25) is 0 Å². The monoisotopic (exact) mass is 204 g/mol. The first-order chi connectivity index (χ1) is 7.09. The number of H-pyrrole nitrogens is 1. The standard InChI is InChI=1S/C10H8N2O3/c11-10(15)9(14)7-4-12-8-3-5(13)1-2-6(7)8/h1-4,12-13H,(H2,11,15). The van der Waals surface area contributed by atoms with Crippen LogP contribution in [0.5, 0.6) is 5.75 Å². The lowest BCUT2D eigenvalue weighted by Crippen LogP contribution is -2.22. The normalized spacial score (nSPS) is 10.4. The molecular weight excluding hydrogens is 196 g/mol. The zero-order valence-electron chi connectivity index (χ0n) is 7.65. The summed E-state index contributed by atoms with van der Waals surface area (Å²) in [6, 6.07) is 4.46. The minimum absolute atomic E-state index is 0.0856. The number of phenols is 1. The van der Waals surface area contributed by atoms with E-state index in [1.54, 1.807) is 6.07 Å². The number of aromatic hydroxyl groups is 1. The zero-order chi connectivity index (χ0) is 11.0. The smallest absolute Gasteiger partial charge is 0.289 e. The van der Waals surface area contributed by atoms with E-state index >= 15 is 0 Å². The highest BCUT2D eigenvalue weighted by Crippen LogP contribution is 2.22. The van der Waals surface area contributed by atoms with Gasteiger partial charge in [0.2, 0.25) is 0 Å². The zero-order valence-corrected chi connectivity index (χ0v) is 7.65. The van der Waals surface area contributed by atoms with Crippen LogP contribution in [0.3, 0.4) is 0 Å². The number of hydrogen-bond acceptors (Lipinski definition) is 3. The third-order valence-electron chi connectivity index (χ3n) is 2.13.